The molecule has 2 rings (SSSR count). The number of nitrogens with zero attached hydrogens (tertiary/aromatic N) is 1. The molecular weight excluding hydrogens is 304 g/mol. The van der Waals surface area contributed by atoms with Gasteiger partial charge in [-0.3, -0.25) is 10.1 Å². The van der Waals surface area contributed by atoms with Crippen molar-refractivity contribution in [3.8, 4) is 0 Å². The van der Waals surface area contributed by atoms with Gasteiger partial charge in [-0.1, -0.05) is 6.07 Å². The van der Waals surface area contributed by atoms with E-state index < -0.39 is 16.9 Å². The molecule has 0 aliphatic rings. The van der Waals surface area contributed by atoms with E-state index in [9.17, 15) is 19.7 Å². The molecular formula is C15H12N2O6. The third-order valence-corrected chi connectivity index (χ3v) is 3.19. The number of nitro benzene ring substituents is 1. The third-order valence-electron chi connectivity index (χ3n) is 3.19. The lowest BCUT2D eigenvalue weighted by atomic mass is 10.1. The van der Waals surface area contributed by atoms with Gasteiger partial charge in [0.05, 0.1) is 16.1 Å². The molecule has 0 radical (unpaired) electrons. The average molecular weight is 316 g/mol. The van der Waals surface area contributed by atoms with Crippen molar-refractivity contribution in [2.75, 3.05) is 5.32 Å². The van der Waals surface area contributed by atoms with E-state index in [1.807, 2.05) is 0 Å². The third kappa shape index (κ3) is 3.43. The van der Waals surface area contributed by atoms with Crippen LogP contribution < -0.4 is 5.32 Å². The maximum Gasteiger partial charge on any atom is 0.336 e. The maximum absolute atomic E-state index is 11.1. The van der Waals surface area contributed by atoms with Crippen molar-refractivity contribution >= 4 is 29.0 Å². The number of carboxylic acid groups (broad SMARTS) is 2. The van der Waals surface area contributed by atoms with E-state index in [0.717, 1.165) is 18.2 Å². The molecule has 0 aliphatic carbocycles. The number of hydrogen-bond acceptors (Lipinski definition) is 5. The molecule has 0 saturated carbocycles. The molecule has 0 fully saturated rings. The number of nitrogens with one attached hydrogen (secondary N) is 1. The van der Waals surface area contributed by atoms with Crippen molar-refractivity contribution in [3.05, 3.63) is 63.2 Å². The van der Waals surface area contributed by atoms with E-state index in [0.29, 0.717) is 11.3 Å². The van der Waals surface area contributed by atoms with Crippen LogP contribution in [0.1, 0.15) is 26.3 Å². The fraction of sp³-hybridized carbons (Fsp3) is 0.0667. The van der Waals surface area contributed by atoms with Crippen LogP contribution >= 0.6 is 0 Å². The second kappa shape index (κ2) is 6.14. The van der Waals surface area contributed by atoms with Gasteiger partial charge in [0, 0.05) is 11.8 Å². The van der Waals surface area contributed by atoms with E-state index in [-0.39, 0.29) is 22.5 Å². The second-order valence-corrected chi connectivity index (χ2v) is 4.75. The summed E-state index contributed by atoms with van der Waals surface area (Å²) in [5, 5.41) is 31.8. The van der Waals surface area contributed by atoms with Crippen LogP contribution in [0.4, 0.5) is 17.1 Å². The lowest BCUT2D eigenvalue weighted by Gasteiger charge is -2.10. The van der Waals surface area contributed by atoms with Crippen molar-refractivity contribution in [1.29, 1.82) is 0 Å². The minimum absolute atomic E-state index is 0.0323. The van der Waals surface area contributed by atoms with Gasteiger partial charge in [-0.15, -0.1) is 0 Å². The summed E-state index contributed by atoms with van der Waals surface area (Å²) in [6, 6.07) is 7.77. The molecule has 0 bridgehead atoms. The number of anilines is 2. The van der Waals surface area contributed by atoms with Gasteiger partial charge in [-0.05, 0) is 36.8 Å². The van der Waals surface area contributed by atoms with Crippen molar-refractivity contribution in [2.24, 2.45) is 0 Å². The highest BCUT2D eigenvalue weighted by Gasteiger charge is 2.17. The van der Waals surface area contributed by atoms with Gasteiger partial charge in [0.25, 0.3) is 5.69 Å². The second-order valence-electron chi connectivity index (χ2n) is 4.75. The Balaban J connectivity index is 2.48. The van der Waals surface area contributed by atoms with Crippen LogP contribution in [0.5, 0.6) is 0 Å². The Morgan fingerprint density at radius 2 is 1.78 bits per heavy atom. The van der Waals surface area contributed by atoms with Crippen LogP contribution in [-0.4, -0.2) is 27.1 Å². The zero-order chi connectivity index (χ0) is 17.1. The number of aryl methyl sites for hydroxylation is 1. The van der Waals surface area contributed by atoms with E-state index >= 15 is 0 Å². The molecule has 8 heteroatoms. The topological polar surface area (TPSA) is 130 Å². The largest absolute Gasteiger partial charge is 0.478 e. The minimum Gasteiger partial charge on any atom is -0.478 e. The highest BCUT2D eigenvalue weighted by molar-refractivity contribution is 5.92. The lowest BCUT2D eigenvalue weighted by Crippen LogP contribution is -2.04. The quantitative estimate of drug-likeness (QED) is 0.571. The normalized spacial score (nSPS) is 10.1. The molecule has 2 aromatic rings. The summed E-state index contributed by atoms with van der Waals surface area (Å²) < 4.78 is 0. The SMILES string of the molecule is Cc1ccc(Nc2cc(C(=O)O)ccc2[N+](=O)[O-])cc1C(=O)O. The van der Waals surface area contributed by atoms with Crippen LogP contribution in [0.15, 0.2) is 36.4 Å². The van der Waals surface area contributed by atoms with Gasteiger partial charge in [0.1, 0.15) is 5.69 Å². The van der Waals surface area contributed by atoms with Crippen molar-refractivity contribution in [1.82, 2.24) is 0 Å². The molecule has 3 N–H and O–H groups in total. The Morgan fingerprint density at radius 3 is 2.35 bits per heavy atom. The number of rotatable bonds is 5. The summed E-state index contributed by atoms with van der Waals surface area (Å²) in [5.74, 6) is -2.35. The van der Waals surface area contributed by atoms with Crippen molar-refractivity contribution in [2.45, 2.75) is 6.92 Å². The number of hydrogen-bond donors (Lipinski definition) is 3. The predicted octanol–water partition coefficient (Wildman–Crippen LogP) is 3.04. The van der Waals surface area contributed by atoms with Crippen LogP contribution in [-0.2, 0) is 0 Å². The molecule has 0 amide bonds. The van der Waals surface area contributed by atoms with Gasteiger partial charge in [0.2, 0.25) is 0 Å². The van der Waals surface area contributed by atoms with Gasteiger partial charge in [0.15, 0.2) is 0 Å². The first-order valence-corrected chi connectivity index (χ1v) is 6.42. The summed E-state index contributed by atoms with van der Waals surface area (Å²) in [6.07, 6.45) is 0. The Morgan fingerprint density at radius 1 is 1.09 bits per heavy atom. The molecule has 0 atom stereocenters. The Hall–Kier alpha value is -3.42. The molecule has 8 nitrogen and oxygen atoms in total. The van der Waals surface area contributed by atoms with Crippen LogP contribution in [0.3, 0.4) is 0 Å². The molecule has 118 valence electrons. The first-order valence-electron chi connectivity index (χ1n) is 6.42. The molecule has 0 aliphatic heterocycles. The predicted molar refractivity (Wildman–Crippen MR) is 81.5 cm³/mol. The number of aromatic carboxylic acids is 2. The van der Waals surface area contributed by atoms with E-state index in [1.54, 1.807) is 19.1 Å². The fourth-order valence-corrected chi connectivity index (χ4v) is 2.01. The first kappa shape index (κ1) is 16.0. The summed E-state index contributed by atoms with van der Waals surface area (Å²) >= 11 is 0. The molecule has 0 unspecified atom stereocenters. The monoisotopic (exact) mass is 316 g/mol. The van der Waals surface area contributed by atoms with Gasteiger partial charge >= 0.3 is 11.9 Å². The molecule has 0 saturated heterocycles. The van der Waals surface area contributed by atoms with E-state index in [4.69, 9.17) is 10.2 Å². The molecule has 0 spiro atoms. The number of nitro groups is 1. The number of carboxylic acids is 2. The fourth-order valence-electron chi connectivity index (χ4n) is 2.01. The summed E-state index contributed by atoms with van der Waals surface area (Å²) in [6.45, 7) is 1.63. The highest BCUT2D eigenvalue weighted by Crippen LogP contribution is 2.29. The van der Waals surface area contributed by atoms with Gasteiger partial charge in [-0.25, -0.2) is 9.59 Å². The Kier molecular flexibility index (Phi) is 4.26. The first-order chi connectivity index (χ1) is 10.8. The Bertz CT molecular complexity index is 816. The van der Waals surface area contributed by atoms with Crippen LogP contribution in [0.25, 0.3) is 0 Å². The number of benzene rings is 2. The molecule has 0 heterocycles. The lowest BCUT2D eigenvalue weighted by molar-refractivity contribution is -0.383. The molecule has 0 aromatic heterocycles. The van der Waals surface area contributed by atoms with Crippen molar-refractivity contribution in [3.63, 3.8) is 0 Å². The van der Waals surface area contributed by atoms with Crippen LogP contribution in [0, 0.1) is 17.0 Å². The standard InChI is InChI=1S/C15H12N2O6/c1-8-2-4-10(7-11(8)15(20)21)16-12-6-9(14(18)19)3-5-13(12)17(22)23/h2-7,16H,1H3,(H,18,19)(H,20,21). The van der Waals surface area contributed by atoms with E-state index in [2.05, 4.69) is 5.32 Å². The average Bonchev–Trinajstić information content (AvgIpc) is 2.48. The molecule has 2 aromatic carbocycles. The number of carbonyl (C=O) groups is 2. The summed E-state index contributed by atoms with van der Waals surface area (Å²) in [4.78, 5) is 32.5. The maximum atomic E-state index is 11.1. The zero-order valence-electron chi connectivity index (χ0n) is 11.9. The van der Waals surface area contributed by atoms with Gasteiger partial charge < -0.3 is 15.5 Å². The van der Waals surface area contributed by atoms with Gasteiger partial charge in [-0.2, -0.15) is 0 Å². The highest BCUT2D eigenvalue weighted by atomic mass is 16.6. The smallest absolute Gasteiger partial charge is 0.336 e. The molecule has 23 heavy (non-hydrogen) atoms. The van der Waals surface area contributed by atoms with E-state index in [1.165, 1.54) is 6.07 Å². The zero-order valence-corrected chi connectivity index (χ0v) is 11.9. The minimum atomic E-state index is -1.22. The summed E-state index contributed by atoms with van der Waals surface area (Å²) in [7, 11) is 0. The Labute approximate surface area is 130 Å². The van der Waals surface area contributed by atoms with Crippen LogP contribution in [0.2, 0.25) is 0 Å². The van der Waals surface area contributed by atoms with Crippen molar-refractivity contribution < 1.29 is 24.7 Å². The summed E-state index contributed by atoms with van der Waals surface area (Å²) in [5.41, 5.74) is 0.425.